The third kappa shape index (κ3) is 4.54. The highest BCUT2D eigenvalue weighted by atomic mass is 28.4. The lowest BCUT2D eigenvalue weighted by Gasteiger charge is -2.36. The third-order valence-corrected chi connectivity index (χ3v) is 8.40. The number of nitro groups is 1. The minimum Gasteiger partial charge on any atom is -0.487 e. The van der Waals surface area contributed by atoms with E-state index < -0.39 is 13.2 Å². The Morgan fingerprint density at radius 1 is 1.29 bits per heavy atom. The summed E-state index contributed by atoms with van der Waals surface area (Å²) in [5.74, 6) is 0.304. The molecule has 6 heteroatoms. The van der Waals surface area contributed by atoms with E-state index in [1.807, 2.05) is 6.07 Å². The molecule has 0 radical (unpaired) electrons. The zero-order valence-corrected chi connectivity index (χ0v) is 14.7. The first-order valence-corrected chi connectivity index (χ1v) is 10.0. The first kappa shape index (κ1) is 17.6. The van der Waals surface area contributed by atoms with Crippen molar-refractivity contribution in [2.45, 2.75) is 52.4 Å². The van der Waals surface area contributed by atoms with E-state index >= 15 is 0 Å². The Morgan fingerprint density at radius 2 is 1.90 bits per heavy atom. The molecule has 5 nitrogen and oxygen atoms in total. The predicted octanol–water partition coefficient (Wildman–Crippen LogP) is 4.52. The van der Waals surface area contributed by atoms with E-state index in [2.05, 4.69) is 33.9 Å². The van der Waals surface area contributed by atoms with Crippen LogP contribution in [-0.2, 0) is 11.0 Å². The molecule has 0 unspecified atom stereocenters. The van der Waals surface area contributed by atoms with Crippen molar-refractivity contribution in [3.63, 3.8) is 0 Å². The molecule has 21 heavy (non-hydrogen) atoms. The molecular formula is C15H25NO4Si. The van der Waals surface area contributed by atoms with Crippen LogP contribution in [0.1, 0.15) is 33.3 Å². The molecule has 0 saturated carbocycles. The van der Waals surface area contributed by atoms with Crippen LogP contribution >= 0.6 is 0 Å². The van der Waals surface area contributed by atoms with Crippen molar-refractivity contribution >= 4 is 14.0 Å². The molecule has 0 N–H and O–H groups in total. The molecule has 0 aliphatic heterocycles. The van der Waals surface area contributed by atoms with Crippen LogP contribution in [0, 0.1) is 10.1 Å². The van der Waals surface area contributed by atoms with Gasteiger partial charge in [-0.15, -0.1) is 0 Å². The van der Waals surface area contributed by atoms with Gasteiger partial charge < -0.3 is 9.16 Å². The normalized spacial score (nSPS) is 12.3. The summed E-state index contributed by atoms with van der Waals surface area (Å²) in [4.78, 5) is 10.7. The van der Waals surface area contributed by atoms with Gasteiger partial charge in [0.05, 0.1) is 18.1 Å². The van der Waals surface area contributed by atoms with E-state index in [0.29, 0.717) is 19.0 Å². The van der Waals surface area contributed by atoms with E-state index in [9.17, 15) is 10.1 Å². The van der Waals surface area contributed by atoms with E-state index in [-0.39, 0.29) is 10.7 Å². The van der Waals surface area contributed by atoms with Gasteiger partial charge in [0.2, 0.25) is 0 Å². The van der Waals surface area contributed by atoms with Gasteiger partial charge in [-0.3, -0.25) is 10.1 Å². The zero-order chi connectivity index (χ0) is 16.3. The summed E-state index contributed by atoms with van der Waals surface area (Å²) in [6, 6.07) is 5.01. The Balaban J connectivity index is 2.91. The highest BCUT2D eigenvalue weighted by Crippen LogP contribution is 2.37. The second-order valence-electron chi connectivity index (χ2n) is 6.54. The molecule has 0 aromatic heterocycles. The topological polar surface area (TPSA) is 61.6 Å². The van der Waals surface area contributed by atoms with Crippen LogP contribution in [0.4, 0.5) is 5.69 Å². The standard InChI is InChI=1S/C15H25NO4Si/c1-7-19-14-9-8-12(10-13(14)16(17)18)11-20-21(5,6)15(2,3)4/h8-10H,7,11H2,1-6H3. The number of nitro benzene ring substituents is 1. The van der Waals surface area contributed by atoms with Crippen molar-refractivity contribution < 1.29 is 14.1 Å². The van der Waals surface area contributed by atoms with Crippen molar-refractivity contribution in [1.29, 1.82) is 0 Å². The summed E-state index contributed by atoms with van der Waals surface area (Å²) in [5, 5.41) is 11.2. The van der Waals surface area contributed by atoms with Crippen LogP contribution in [0.2, 0.25) is 18.1 Å². The van der Waals surface area contributed by atoms with Gasteiger partial charge in [0.15, 0.2) is 14.1 Å². The van der Waals surface area contributed by atoms with Crippen molar-refractivity contribution in [3.05, 3.63) is 33.9 Å². The van der Waals surface area contributed by atoms with E-state index in [0.717, 1.165) is 5.56 Å². The summed E-state index contributed by atoms with van der Waals surface area (Å²) < 4.78 is 11.4. The molecule has 0 amide bonds. The maximum absolute atomic E-state index is 11.1. The van der Waals surface area contributed by atoms with Crippen LogP contribution in [0.15, 0.2) is 18.2 Å². The SMILES string of the molecule is CCOc1ccc(CO[Si](C)(C)C(C)(C)C)cc1[N+](=O)[O-]. The maximum Gasteiger partial charge on any atom is 0.311 e. The van der Waals surface area contributed by atoms with Crippen molar-refractivity contribution in [2.24, 2.45) is 0 Å². The zero-order valence-electron chi connectivity index (χ0n) is 13.7. The smallest absolute Gasteiger partial charge is 0.311 e. The molecule has 0 spiro atoms. The Labute approximate surface area is 127 Å². The average Bonchev–Trinajstić information content (AvgIpc) is 2.36. The molecule has 1 rings (SSSR count). The molecule has 0 bridgehead atoms. The first-order valence-electron chi connectivity index (χ1n) is 7.12. The van der Waals surface area contributed by atoms with Gasteiger partial charge in [0.25, 0.3) is 0 Å². The van der Waals surface area contributed by atoms with Gasteiger partial charge >= 0.3 is 5.69 Å². The fourth-order valence-corrected chi connectivity index (χ4v) is 2.51. The molecule has 1 aromatic rings. The predicted molar refractivity (Wildman–Crippen MR) is 86.3 cm³/mol. The molecule has 0 saturated heterocycles. The van der Waals surface area contributed by atoms with Gasteiger partial charge in [0.1, 0.15) is 0 Å². The number of rotatable bonds is 6. The van der Waals surface area contributed by atoms with Crippen LogP contribution in [0.25, 0.3) is 0 Å². The van der Waals surface area contributed by atoms with E-state index in [1.165, 1.54) is 6.07 Å². The van der Waals surface area contributed by atoms with E-state index in [1.54, 1.807) is 13.0 Å². The molecule has 1 aromatic carbocycles. The third-order valence-electron chi connectivity index (χ3n) is 3.93. The summed E-state index contributed by atoms with van der Waals surface area (Å²) >= 11 is 0. The van der Waals surface area contributed by atoms with Crippen LogP contribution in [-0.4, -0.2) is 19.8 Å². The first-order chi connectivity index (χ1) is 9.58. The molecular weight excluding hydrogens is 286 g/mol. The van der Waals surface area contributed by atoms with Crippen molar-refractivity contribution in [3.8, 4) is 5.75 Å². The minimum absolute atomic E-state index is 0.00631. The lowest BCUT2D eigenvalue weighted by atomic mass is 10.2. The van der Waals surface area contributed by atoms with Crippen molar-refractivity contribution in [1.82, 2.24) is 0 Å². The second kappa shape index (κ2) is 6.57. The summed E-state index contributed by atoms with van der Waals surface area (Å²) in [6.07, 6.45) is 0. The minimum atomic E-state index is -1.86. The van der Waals surface area contributed by atoms with Gasteiger partial charge in [0, 0.05) is 6.07 Å². The number of hydrogen-bond donors (Lipinski definition) is 0. The average molecular weight is 311 g/mol. The lowest BCUT2D eigenvalue weighted by Crippen LogP contribution is -2.40. The summed E-state index contributed by atoms with van der Waals surface area (Å²) in [5.41, 5.74) is 0.795. The van der Waals surface area contributed by atoms with Crippen molar-refractivity contribution in [2.75, 3.05) is 6.61 Å². The van der Waals surface area contributed by atoms with Gasteiger partial charge in [-0.25, -0.2) is 0 Å². The van der Waals surface area contributed by atoms with Crippen LogP contribution < -0.4 is 4.74 Å². The number of ether oxygens (including phenoxy) is 1. The van der Waals surface area contributed by atoms with Gasteiger partial charge in [-0.2, -0.15) is 0 Å². The Kier molecular flexibility index (Phi) is 5.52. The highest BCUT2D eigenvalue weighted by molar-refractivity contribution is 6.74. The number of benzene rings is 1. The second-order valence-corrected chi connectivity index (χ2v) is 11.4. The van der Waals surface area contributed by atoms with Crippen LogP contribution in [0.5, 0.6) is 5.75 Å². The molecule has 0 heterocycles. The molecule has 0 aliphatic rings. The summed E-state index contributed by atoms with van der Waals surface area (Å²) in [6.45, 7) is 13.4. The summed E-state index contributed by atoms with van der Waals surface area (Å²) in [7, 11) is -1.86. The van der Waals surface area contributed by atoms with E-state index in [4.69, 9.17) is 9.16 Å². The Hall–Kier alpha value is -1.40. The quantitative estimate of drug-likeness (QED) is 0.440. The Bertz CT molecular complexity index is 509. The van der Waals surface area contributed by atoms with Gasteiger partial charge in [-0.1, -0.05) is 26.8 Å². The maximum atomic E-state index is 11.1. The fourth-order valence-electron chi connectivity index (χ4n) is 1.55. The van der Waals surface area contributed by atoms with Gasteiger partial charge in [-0.05, 0) is 36.7 Å². The largest absolute Gasteiger partial charge is 0.487 e. The van der Waals surface area contributed by atoms with Crippen LogP contribution in [0.3, 0.4) is 0 Å². The molecule has 0 atom stereocenters. The highest BCUT2D eigenvalue weighted by Gasteiger charge is 2.37. The lowest BCUT2D eigenvalue weighted by molar-refractivity contribution is -0.385. The monoisotopic (exact) mass is 311 g/mol. The molecule has 118 valence electrons. The number of nitrogens with zero attached hydrogens (tertiary/aromatic N) is 1. The molecule has 0 aliphatic carbocycles. The fraction of sp³-hybridized carbons (Fsp3) is 0.600. The molecule has 0 fully saturated rings. The Morgan fingerprint density at radius 3 is 2.38 bits per heavy atom. The number of hydrogen-bond acceptors (Lipinski definition) is 4.